The number of para-hydroxylation sites is 1. The Balaban J connectivity index is 2.23. The molecule has 0 atom stereocenters. The van der Waals surface area contributed by atoms with Gasteiger partial charge in [0.2, 0.25) is 0 Å². The topological polar surface area (TPSA) is 50.4 Å². The Kier molecular flexibility index (Phi) is 4.34. The number of rotatable bonds is 3. The van der Waals surface area contributed by atoms with E-state index in [1.807, 2.05) is 38.1 Å². The van der Waals surface area contributed by atoms with Crippen LogP contribution < -0.4 is 0 Å². The molecule has 0 fully saturated rings. The van der Waals surface area contributed by atoms with Gasteiger partial charge in [-0.2, -0.15) is 0 Å². The molecule has 0 saturated carbocycles. The Morgan fingerprint density at radius 1 is 1.13 bits per heavy atom. The van der Waals surface area contributed by atoms with Crippen LogP contribution in [0.1, 0.15) is 41.4 Å². The summed E-state index contributed by atoms with van der Waals surface area (Å²) in [6.45, 7) is 3.99. The van der Waals surface area contributed by atoms with E-state index in [4.69, 9.17) is 4.42 Å². The lowest BCUT2D eigenvalue weighted by molar-refractivity contribution is 0.103. The monoisotopic (exact) mass is 436 g/mol. The highest BCUT2D eigenvalue weighted by Gasteiger charge is 2.24. The lowest BCUT2D eigenvalue weighted by atomic mass is 9.96. The van der Waals surface area contributed by atoms with Crippen molar-refractivity contribution < 1.29 is 14.3 Å². The average Bonchev–Trinajstić information content (AvgIpc) is 2.91. The maximum absolute atomic E-state index is 13.1. The first-order valence-electron chi connectivity index (χ1n) is 7.14. The Labute approximate surface area is 150 Å². The van der Waals surface area contributed by atoms with Gasteiger partial charge in [-0.25, -0.2) is 0 Å². The summed E-state index contributed by atoms with van der Waals surface area (Å²) in [5.41, 5.74) is 1.77. The molecule has 0 aliphatic heterocycles. The molecule has 118 valence electrons. The van der Waals surface area contributed by atoms with Gasteiger partial charge >= 0.3 is 0 Å². The predicted octanol–water partition coefficient (Wildman–Crippen LogP) is 6.02. The molecule has 0 saturated heterocycles. The summed E-state index contributed by atoms with van der Waals surface area (Å²) in [7, 11) is 0. The highest BCUT2D eigenvalue weighted by molar-refractivity contribution is 9.11. The van der Waals surface area contributed by atoms with Crippen LogP contribution in [0.4, 0.5) is 0 Å². The Morgan fingerprint density at radius 2 is 1.74 bits per heavy atom. The van der Waals surface area contributed by atoms with Gasteiger partial charge < -0.3 is 9.52 Å². The molecule has 0 aliphatic rings. The summed E-state index contributed by atoms with van der Waals surface area (Å²) in [5, 5.41) is 10.6. The van der Waals surface area contributed by atoms with Crippen molar-refractivity contribution in [2.45, 2.75) is 19.8 Å². The van der Waals surface area contributed by atoms with E-state index in [9.17, 15) is 9.90 Å². The number of ketones is 1. The number of fused-ring (bicyclic) bond motifs is 1. The molecule has 1 heterocycles. The number of phenolic OH excluding ortho intramolecular Hbond substituents is 1. The molecule has 3 nitrogen and oxygen atoms in total. The summed E-state index contributed by atoms with van der Waals surface area (Å²) in [4.78, 5) is 13.1. The molecule has 0 radical (unpaired) electrons. The van der Waals surface area contributed by atoms with Crippen molar-refractivity contribution in [2.75, 3.05) is 0 Å². The molecular formula is C18H14Br2O3. The molecule has 3 rings (SSSR count). The molecule has 0 unspecified atom stereocenters. The Morgan fingerprint density at radius 3 is 2.35 bits per heavy atom. The lowest BCUT2D eigenvalue weighted by Crippen LogP contribution is -2.05. The van der Waals surface area contributed by atoms with Gasteiger partial charge in [0.25, 0.3) is 0 Å². The van der Waals surface area contributed by atoms with E-state index in [1.54, 1.807) is 12.1 Å². The van der Waals surface area contributed by atoms with Crippen molar-refractivity contribution in [3.63, 3.8) is 0 Å². The smallest absolute Gasteiger partial charge is 0.197 e. The number of phenols is 1. The summed E-state index contributed by atoms with van der Waals surface area (Å²) < 4.78 is 6.83. The summed E-state index contributed by atoms with van der Waals surface area (Å²) in [5.74, 6) is 0.713. The molecule has 2 aromatic carbocycles. The van der Waals surface area contributed by atoms with Crippen molar-refractivity contribution in [3.05, 3.63) is 62.2 Å². The van der Waals surface area contributed by atoms with Crippen LogP contribution in [0.2, 0.25) is 0 Å². The minimum atomic E-state index is -0.125. The zero-order chi connectivity index (χ0) is 16.7. The zero-order valence-electron chi connectivity index (χ0n) is 12.6. The normalized spacial score (nSPS) is 11.3. The second kappa shape index (κ2) is 6.13. The lowest BCUT2D eigenvalue weighted by Gasteiger charge is -2.08. The second-order valence-corrected chi connectivity index (χ2v) is 7.32. The van der Waals surface area contributed by atoms with Gasteiger partial charge in [-0.3, -0.25) is 4.79 Å². The van der Waals surface area contributed by atoms with Gasteiger partial charge in [0.15, 0.2) is 5.78 Å². The van der Waals surface area contributed by atoms with Gasteiger partial charge in [-0.05, 0) is 50.1 Å². The second-order valence-electron chi connectivity index (χ2n) is 5.61. The Hall–Kier alpha value is -1.59. The largest absolute Gasteiger partial charge is 0.506 e. The number of halogens is 2. The third kappa shape index (κ3) is 2.83. The van der Waals surface area contributed by atoms with Crippen molar-refractivity contribution in [2.24, 2.45) is 0 Å². The van der Waals surface area contributed by atoms with E-state index in [0.717, 1.165) is 5.39 Å². The standard InChI is InChI=1S/C18H14Br2O3/c1-9(2)18-15(11-5-3-4-6-14(11)23-18)16(21)10-7-12(19)17(22)13(20)8-10/h3-9,22H,1-2H3. The van der Waals surface area contributed by atoms with E-state index in [-0.39, 0.29) is 17.5 Å². The van der Waals surface area contributed by atoms with Crippen LogP contribution in [0.5, 0.6) is 5.75 Å². The molecule has 0 aliphatic carbocycles. The number of carbonyl (C=O) groups is 1. The number of aromatic hydroxyl groups is 1. The van der Waals surface area contributed by atoms with Gasteiger partial charge in [-0.15, -0.1) is 0 Å². The fourth-order valence-corrected chi connectivity index (χ4v) is 3.73. The molecule has 5 heteroatoms. The number of hydrogen-bond donors (Lipinski definition) is 1. The number of hydrogen-bond acceptors (Lipinski definition) is 3. The summed E-state index contributed by atoms with van der Waals surface area (Å²) >= 11 is 6.54. The van der Waals surface area contributed by atoms with Crippen LogP contribution in [0.15, 0.2) is 49.8 Å². The number of benzene rings is 2. The quantitative estimate of drug-likeness (QED) is 0.509. The van der Waals surface area contributed by atoms with Gasteiger partial charge in [0.1, 0.15) is 17.1 Å². The van der Waals surface area contributed by atoms with Crippen LogP contribution in [0.3, 0.4) is 0 Å². The number of carbonyl (C=O) groups excluding carboxylic acids is 1. The minimum absolute atomic E-state index is 0.0719. The minimum Gasteiger partial charge on any atom is -0.506 e. The van der Waals surface area contributed by atoms with E-state index in [0.29, 0.717) is 31.4 Å². The van der Waals surface area contributed by atoms with Crippen molar-refractivity contribution in [1.82, 2.24) is 0 Å². The maximum Gasteiger partial charge on any atom is 0.197 e. The van der Waals surface area contributed by atoms with Crippen LogP contribution in [0, 0.1) is 0 Å². The van der Waals surface area contributed by atoms with E-state index < -0.39 is 0 Å². The molecule has 1 aromatic heterocycles. The van der Waals surface area contributed by atoms with Crippen molar-refractivity contribution >= 4 is 48.6 Å². The van der Waals surface area contributed by atoms with Crippen LogP contribution >= 0.6 is 31.9 Å². The van der Waals surface area contributed by atoms with Crippen molar-refractivity contribution in [1.29, 1.82) is 0 Å². The highest BCUT2D eigenvalue weighted by Crippen LogP contribution is 2.37. The molecule has 23 heavy (non-hydrogen) atoms. The highest BCUT2D eigenvalue weighted by atomic mass is 79.9. The van der Waals surface area contributed by atoms with Crippen LogP contribution in [-0.4, -0.2) is 10.9 Å². The summed E-state index contributed by atoms with van der Waals surface area (Å²) in [6, 6.07) is 10.8. The van der Waals surface area contributed by atoms with E-state index >= 15 is 0 Å². The van der Waals surface area contributed by atoms with Crippen LogP contribution in [0.25, 0.3) is 11.0 Å². The molecular weight excluding hydrogens is 424 g/mol. The van der Waals surface area contributed by atoms with Gasteiger partial charge in [0.05, 0.1) is 14.5 Å². The summed E-state index contributed by atoms with van der Waals surface area (Å²) in [6.07, 6.45) is 0. The first-order valence-corrected chi connectivity index (χ1v) is 8.73. The van der Waals surface area contributed by atoms with Crippen molar-refractivity contribution in [3.8, 4) is 5.75 Å². The first kappa shape index (κ1) is 16.3. The molecule has 0 amide bonds. The fourth-order valence-electron chi connectivity index (χ4n) is 2.55. The molecule has 1 N–H and O–H groups in total. The Bertz CT molecular complexity index is 887. The maximum atomic E-state index is 13.1. The van der Waals surface area contributed by atoms with E-state index in [2.05, 4.69) is 31.9 Å². The third-order valence-electron chi connectivity index (χ3n) is 3.65. The molecule has 0 bridgehead atoms. The fraction of sp³-hybridized carbons (Fsp3) is 0.167. The average molecular weight is 438 g/mol. The molecule has 3 aromatic rings. The number of furan rings is 1. The predicted molar refractivity (Wildman–Crippen MR) is 97.2 cm³/mol. The van der Waals surface area contributed by atoms with Crippen LogP contribution in [-0.2, 0) is 0 Å². The van der Waals surface area contributed by atoms with E-state index in [1.165, 1.54) is 0 Å². The molecule has 0 spiro atoms. The SMILES string of the molecule is CC(C)c1oc2ccccc2c1C(=O)c1cc(Br)c(O)c(Br)c1. The third-order valence-corrected chi connectivity index (χ3v) is 4.86. The zero-order valence-corrected chi connectivity index (χ0v) is 15.7. The first-order chi connectivity index (χ1) is 10.9. The van der Waals surface area contributed by atoms with Gasteiger partial charge in [-0.1, -0.05) is 32.0 Å². The van der Waals surface area contributed by atoms with Gasteiger partial charge in [0, 0.05) is 16.9 Å².